The summed E-state index contributed by atoms with van der Waals surface area (Å²) >= 11 is 0. The molecule has 34 heavy (non-hydrogen) atoms. The van der Waals surface area contributed by atoms with Crippen LogP contribution >= 0.6 is 0 Å². The van der Waals surface area contributed by atoms with Crippen LogP contribution in [0.4, 0.5) is 0 Å². The summed E-state index contributed by atoms with van der Waals surface area (Å²) in [6, 6.07) is 23.3. The van der Waals surface area contributed by atoms with Crippen LogP contribution in [0.3, 0.4) is 0 Å². The molecular weight excluding hydrogens is 424 g/mol. The molecule has 1 N–H and O–H groups in total. The number of imidazole rings is 1. The number of hydrogen-bond acceptors (Lipinski definition) is 3. The van der Waals surface area contributed by atoms with Crippen LogP contribution in [0, 0.1) is 6.92 Å². The summed E-state index contributed by atoms with van der Waals surface area (Å²) in [6.45, 7) is 3.81. The smallest absolute Gasteiger partial charge is 0.272 e. The summed E-state index contributed by atoms with van der Waals surface area (Å²) in [5.74, 6) is 0.752. The minimum Gasteiger partial charge on any atom is -0.347 e. The fraction of sp³-hybridized carbons (Fsp3) is 0.250. The lowest BCUT2D eigenvalue weighted by Crippen LogP contribution is -2.39. The Hall–Kier alpha value is -3.93. The predicted octanol–water partition coefficient (Wildman–Crippen LogP) is 4.59. The van der Waals surface area contributed by atoms with E-state index in [0.29, 0.717) is 24.3 Å². The molecule has 1 saturated heterocycles. The molecule has 0 spiro atoms. The number of carbonyl (C=O) groups is 2. The molecule has 6 nitrogen and oxygen atoms in total. The number of pyridine rings is 1. The number of nitrogens with one attached hydrogen (secondary N) is 1. The highest BCUT2D eigenvalue weighted by atomic mass is 16.2. The van der Waals surface area contributed by atoms with Crippen LogP contribution in [0.1, 0.15) is 56.6 Å². The van der Waals surface area contributed by atoms with Crippen LogP contribution in [-0.4, -0.2) is 39.2 Å². The Morgan fingerprint density at radius 3 is 2.56 bits per heavy atom. The number of rotatable bonds is 5. The van der Waals surface area contributed by atoms with Crippen LogP contribution < -0.4 is 5.32 Å². The average molecular weight is 453 g/mol. The molecule has 2 aromatic carbocycles. The van der Waals surface area contributed by atoms with E-state index in [1.54, 1.807) is 0 Å². The van der Waals surface area contributed by atoms with Gasteiger partial charge in [0.15, 0.2) is 5.69 Å². The van der Waals surface area contributed by atoms with Gasteiger partial charge in [0.25, 0.3) is 11.8 Å². The number of piperidine rings is 1. The van der Waals surface area contributed by atoms with Crippen molar-refractivity contribution in [2.45, 2.75) is 32.2 Å². The lowest BCUT2D eigenvalue weighted by atomic mass is 9.96. The average Bonchev–Trinajstić information content (AvgIpc) is 3.28. The highest BCUT2D eigenvalue weighted by molar-refractivity contribution is 5.99. The number of benzene rings is 2. The second-order valence-electron chi connectivity index (χ2n) is 8.90. The Balaban J connectivity index is 1.38. The Labute approximate surface area is 199 Å². The summed E-state index contributed by atoms with van der Waals surface area (Å²) in [6.07, 6.45) is 3.78. The molecule has 0 saturated carbocycles. The minimum absolute atomic E-state index is 0.0437. The maximum atomic E-state index is 13.1. The zero-order valence-electron chi connectivity index (χ0n) is 19.3. The van der Waals surface area contributed by atoms with Crippen molar-refractivity contribution in [2.24, 2.45) is 0 Å². The zero-order valence-corrected chi connectivity index (χ0v) is 19.3. The van der Waals surface area contributed by atoms with Crippen molar-refractivity contribution in [3.63, 3.8) is 0 Å². The molecule has 0 unspecified atom stereocenters. The third kappa shape index (κ3) is 4.44. The number of likely N-dealkylation sites (tertiary alicyclic amines) is 1. The molecule has 0 radical (unpaired) electrons. The summed E-state index contributed by atoms with van der Waals surface area (Å²) in [4.78, 5) is 32.9. The number of fused-ring (bicyclic) bond motifs is 1. The van der Waals surface area contributed by atoms with Gasteiger partial charge in [0.05, 0.1) is 5.52 Å². The van der Waals surface area contributed by atoms with Crippen LogP contribution in [0.2, 0.25) is 0 Å². The minimum atomic E-state index is -0.191. The van der Waals surface area contributed by atoms with Gasteiger partial charge in [-0.2, -0.15) is 0 Å². The Kier molecular flexibility index (Phi) is 6.12. The third-order valence-corrected chi connectivity index (χ3v) is 6.46. The molecule has 5 rings (SSSR count). The first kappa shape index (κ1) is 21.9. The van der Waals surface area contributed by atoms with Crippen LogP contribution in [-0.2, 0) is 6.54 Å². The van der Waals surface area contributed by atoms with Gasteiger partial charge in [-0.1, -0.05) is 54.1 Å². The first-order valence-electron chi connectivity index (χ1n) is 11.7. The van der Waals surface area contributed by atoms with Gasteiger partial charge < -0.3 is 14.6 Å². The summed E-state index contributed by atoms with van der Waals surface area (Å²) in [7, 11) is 0. The molecule has 0 bridgehead atoms. The number of carbonyl (C=O) groups excluding carboxylic acids is 2. The van der Waals surface area contributed by atoms with Gasteiger partial charge in [-0.15, -0.1) is 0 Å². The van der Waals surface area contributed by atoms with Gasteiger partial charge in [0.1, 0.15) is 5.82 Å². The van der Waals surface area contributed by atoms with E-state index < -0.39 is 0 Å². The van der Waals surface area contributed by atoms with Crippen molar-refractivity contribution in [3.05, 3.63) is 107 Å². The molecule has 172 valence electrons. The Morgan fingerprint density at radius 2 is 1.76 bits per heavy atom. The molecule has 1 atom stereocenters. The molecular formula is C28H28N4O2. The summed E-state index contributed by atoms with van der Waals surface area (Å²) in [5.41, 5.74) is 4.14. The SMILES string of the molecule is Cc1ccc(CNC(=O)c2nc([C@@H]3CCCN(C(=O)c4ccccc4)C3)n3ccccc23)cc1. The largest absolute Gasteiger partial charge is 0.347 e. The van der Waals surface area contributed by atoms with E-state index in [4.69, 9.17) is 4.98 Å². The predicted molar refractivity (Wildman–Crippen MR) is 132 cm³/mol. The van der Waals surface area contributed by atoms with Gasteiger partial charge in [-0.3, -0.25) is 9.59 Å². The van der Waals surface area contributed by atoms with Crippen LogP contribution in [0.25, 0.3) is 5.52 Å². The second-order valence-corrected chi connectivity index (χ2v) is 8.90. The fourth-order valence-electron chi connectivity index (χ4n) is 4.62. The van der Waals surface area contributed by atoms with Gasteiger partial charge in [-0.25, -0.2) is 4.98 Å². The van der Waals surface area contributed by atoms with E-state index in [-0.39, 0.29) is 17.7 Å². The van der Waals surface area contributed by atoms with Gasteiger partial charge in [-0.05, 0) is 49.6 Å². The number of aryl methyl sites for hydroxylation is 1. The number of hydrogen-bond donors (Lipinski definition) is 1. The van der Waals surface area contributed by atoms with Gasteiger partial charge >= 0.3 is 0 Å². The Morgan fingerprint density at radius 1 is 1.00 bits per heavy atom. The van der Waals surface area contributed by atoms with Gasteiger partial charge in [0, 0.05) is 37.3 Å². The molecule has 6 heteroatoms. The molecule has 2 aromatic heterocycles. The van der Waals surface area contributed by atoms with E-state index in [9.17, 15) is 9.59 Å². The number of aromatic nitrogens is 2. The number of nitrogens with zero attached hydrogens (tertiary/aromatic N) is 3. The van der Waals surface area contributed by atoms with Crippen molar-refractivity contribution in [1.29, 1.82) is 0 Å². The van der Waals surface area contributed by atoms with Crippen LogP contribution in [0.15, 0.2) is 79.0 Å². The van der Waals surface area contributed by atoms with E-state index in [0.717, 1.165) is 36.3 Å². The lowest BCUT2D eigenvalue weighted by molar-refractivity contribution is 0.0703. The lowest BCUT2D eigenvalue weighted by Gasteiger charge is -2.32. The standard InChI is InChI=1S/C28H28N4O2/c1-20-12-14-21(15-13-20)18-29-27(33)25-24-11-5-6-17-32(24)26(30-25)23-10-7-16-31(19-23)28(34)22-8-3-2-4-9-22/h2-6,8-9,11-15,17,23H,7,10,16,18-19H2,1H3,(H,29,33)/t23-/m1/s1. The molecule has 1 aliphatic rings. The normalized spacial score (nSPS) is 15.9. The summed E-state index contributed by atoms with van der Waals surface area (Å²) < 4.78 is 2.00. The molecule has 1 aliphatic heterocycles. The highest BCUT2D eigenvalue weighted by Crippen LogP contribution is 2.29. The van der Waals surface area contributed by atoms with Crippen molar-refractivity contribution < 1.29 is 9.59 Å². The quantitative estimate of drug-likeness (QED) is 0.482. The number of amides is 2. The van der Waals surface area contributed by atoms with E-state index in [1.807, 2.05) is 95.2 Å². The van der Waals surface area contributed by atoms with E-state index in [1.165, 1.54) is 5.56 Å². The maximum Gasteiger partial charge on any atom is 0.272 e. The third-order valence-electron chi connectivity index (χ3n) is 6.46. The topological polar surface area (TPSA) is 66.7 Å². The second kappa shape index (κ2) is 9.51. The molecule has 4 aromatic rings. The summed E-state index contributed by atoms with van der Waals surface area (Å²) in [5, 5.41) is 3.01. The molecule has 2 amide bonds. The highest BCUT2D eigenvalue weighted by Gasteiger charge is 2.29. The van der Waals surface area contributed by atoms with E-state index >= 15 is 0 Å². The monoisotopic (exact) mass is 452 g/mol. The fourth-order valence-corrected chi connectivity index (χ4v) is 4.62. The van der Waals surface area contributed by atoms with Crippen LogP contribution in [0.5, 0.6) is 0 Å². The van der Waals surface area contributed by atoms with Crippen molar-refractivity contribution >= 4 is 17.3 Å². The molecule has 0 aliphatic carbocycles. The Bertz CT molecular complexity index is 1310. The first-order chi connectivity index (χ1) is 16.6. The van der Waals surface area contributed by atoms with Crippen molar-refractivity contribution in [3.8, 4) is 0 Å². The first-order valence-corrected chi connectivity index (χ1v) is 11.7. The zero-order chi connectivity index (χ0) is 23.5. The maximum absolute atomic E-state index is 13.1. The van der Waals surface area contributed by atoms with E-state index in [2.05, 4.69) is 5.32 Å². The molecule has 3 heterocycles. The van der Waals surface area contributed by atoms with Crippen molar-refractivity contribution in [2.75, 3.05) is 13.1 Å². The van der Waals surface area contributed by atoms with Crippen molar-refractivity contribution in [1.82, 2.24) is 19.6 Å². The molecule has 1 fully saturated rings. The van der Waals surface area contributed by atoms with Gasteiger partial charge in [0.2, 0.25) is 0 Å².